The number of hydrogen-bond donors (Lipinski definition) is 1. The number of H-pyrrole nitrogens is 1. The van der Waals surface area contributed by atoms with Crippen molar-refractivity contribution >= 4 is 22.7 Å². The van der Waals surface area contributed by atoms with Crippen molar-refractivity contribution in [3.8, 4) is 5.75 Å². The fraction of sp³-hybridized carbons (Fsp3) is 0.300. The van der Waals surface area contributed by atoms with Crippen LogP contribution in [-0.4, -0.2) is 48.6 Å². The van der Waals surface area contributed by atoms with Crippen LogP contribution in [0.25, 0.3) is 11.1 Å². The molecule has 1 aliphatic heterocycles. The first-order chi connectivity index (χ1) is 13.1. The van der Waals surface area contributed by atoms with Crippen molar-refractivity contribution in [1.82, 2.24) is 9.88 Å². The van der Waals surface area contributed by atoms with Gasteiger partial charge in [-0.2, -0.15) is 0 Å². The Morgan fingerprint density at radius 3 is 2.59 bits per heavy atom. The van der Waals surface area contributed by atoms with Crippen LogP contribution in [0.4, 0.5) is 5.69 Å². The average Bonchev–Trinajstić information content (AvgIpc) is 3.06. The smallest absolute Gasteiger partial charge is 0.417 e. The molecule has 1 aromatic heterocycles. The summed E-state index contributed by atoms with van der Waals surface area (Å²) in [7, 11) is 0. The molecule has 0 unspecified atom stereocenters. The molecule has 7 nitrogen and oxygen atoms in total. The first-order valence-corrected chi connectivity index (χ1v) is 8.93. The minimum absolute atomic E-state index is 0.0118. The number of fused-ring (bicyclic) bond motifs is 1. The zero-order valence-corrected chi connectivity index (χ0v) is 15.1. The lowest BCUT2D eigenvalue weighted by Crippen LogP contribution is -2.50. The molecule has 3 aromatic rings. The Morgan fingerprint density at radius 1 is 1.11 bits per heavy atom. The Morgan fingerprint density at radius 2 is 1.85 bits per heavy atom. The summed E-state index contributed by atoms with van der Waals surface area (Å²) < 4.78 is 10.7. The Kier molecular flexibility index (Phi) is 4.58. The average molecular weight is 367 g/mol. The first-order valence-electron chi connectivity index (χ1n) is 8.93. The highest BCUT2D eigenvalue weighted by atomic mass is 16.5. The van der Waals surface area contributed by atoms with Crippen molar-refractivity contribution < 1.29 is 13.9 Å². The number of anilines is 1. The number of piperazine rings is 1. The van der Waals surface area contributed by atoms with E-state index in [1.54, 1.807) is 0 Å². The quantitative estimate of drug-likeness (QED) is 0.764. The van der Waals surface area contributed by atoms with E-state index in [1.165, 1.54) is 0 Å². The van der Waals surface area contributed by atoms with E-state index >= 15 is 0 Å². The molecule has 140 valence electrons. The monoisotopic (exact) mass is 367 g/mol. The summed E-state index contributed by atoms with van der Waals surface area (Å²) in [6.45, 7) is 4.75. The maximum atomic E-state index is 12.4. The molecule has 27 heavy (non-hydrogen) atoms. The molecule has 2 aromatic carbocycles. The van der Waals surface area contributed by atoms with E-state index in [0.29, 0.717) is 29.9 Å². The van der Waals surface area contributed by atoms with Gasteiger partial charge in [-0.05, 0) is 31.2 Å². The van der Waals surface area contributed by atoms with Gasteiger partial charge in [-0.1, -0.05) is 17.7 Å². The molecule has 1 N–H and O–H groups in total. The molecule has 4 rings (SSSR count). The molecule has 0 aliphatic carbocycles. The van der Waals surface area contributed by atoms with Crippen LogP contribution >= 0.6 is 0 Å². The van der Waals surface area contributed by atoms with Crippen LogP contribution < -0.4 is 15.4 Å². The van der Waals surface area contributed by atoms with Crippen molar-refractivity contribution in [3.05, 3.63) is 58.6 Å². The molecule has 1 fully saturated rings. The Labute approximate surface area is 156 Å². The minimum atomic E-state index is -0.453. The van der Waals surface area contributed by atoms with E-state index in [4.69, 9.17) is 9.15 Å². The standard InChI is InChI=1S/C20H21N3O4/c1-14-2-5-16(6-3-14)26-13-19(24)23-10-8-22(9-11-23)15-4-7-17-18(12-15)27-20(25)21-17/h2-7,12H,8-11,13H2,1H3,(H,21,25). The lowest BCUT2D eigenvalue weighted by atomic mass is 10.2. The molecule has 0 spiro atoms. The van der Waals surface area contributed by atoms with E-state index in [2.05, 4.69) is 9.88 Å². The van der Waals surface area contributed by atoms with E-state index in [1.807, 2.05) is 54.3 Å². The van der Waals surface area contributed by atoms with Crippen molar-refractivity contribution in [2.75, 3.05) is 37.7 Å². The summed E-state index contributed by atoms with van der Waals surface area (Å²) in [6.07, 6.45) is 0. The van der Waals surface area contributed by atoms with Crippen LogP contribution in [0.15, 0.2) is 51.7 Å². The number of carbonyl (C=O) groups excluding carboxylic acids is 1. The van der Waals surface area contributed by atoms with Crippen molar-refractivity contribution in [1.29, 1.82) is 0 Å². The summed E-state index contributed by atoms with van der Waals surface area (Å²) in [4.78, 5) is 30.3. The number of nitrogens with one attached hydrogen (secondary N) is 1. The van der Waals surface area contributed by atoms with Crippen LogP contribution in [0, 0.1) is 6.92 Å². The molecular weight excluding hydrogens is 346 g/mol. The summed E-state index contributed by atoms with van der Waals surface area (Å²) in [5.74, 6) is 0.238. The number of ether oxygens (including phenoxy) is 1. The predicted molar refractivity (Wildman–Crippen MR) is 102 cm³/mol. The number of carbonyl (C=O) groups is 1. The number of aryl methyl sites for hydroxylation is 1. The largest absolute Gasteiger partial charge is 0.484 e. The first kappa shape index (κ1) is 17.2. The third-order valence-corrected chi connectivity index (χ3v) is 4.79. The van der Waals surface area contributed by atoms with Crippen molar-refractivity contribution in [2.24, 2.45) is 0 Å². The van der Waals surface area contributed by atoms with Crippen LogP contribution in [0.3, 0.4) is 0 Å². The molecule has 0 saturated carbocycles. The number of amides is 1. The van der Waals surface area contributed by atoms with Gasteiger partial charge in [-0.25, -0.2) is 4.79 Å². The molecule has 1 aliphatic rings. The van der Waals surface area contributed by atoms with E-state index < -0.39 is 5.76 Å². The van der Waals surface area contributed by atoms with Gasteiger partial charge in [0, 0.05) is 37.9 Å². The second-order valence-corrected chi connectivity index (χ2v) is 6.66. The highest BCUT2D eigenvalue weighted by molar-refractivity contribution is 5.79. The van der Waals surface area contributed by atoms with Crippen LogP contribution in [0.1, 0.15) is 5.56 Å². The predicted octanol–water partition coefficient (Wildman–Crippen LogP) is 2.16. The van der Waals surface area contributed by atoms with Crippen LogP contribution in [-0.2, 0) is 4.79 Å². The maximum absolute atomic E-state index is 12.4. The van der Waals surface area contributed by atoms with Gasteiger partial charge in [0.1, 0.15) is 5.75 Å². The number of rotatable bonds is 4. The van der Waals surface area contributed by atoms with Crippen molar-refractivity contribution in [2.45, 2.75) is 6.92 Å². The fourth-order valence-corrected chi connectivity index (χ4v) is 3.22. The number of oxazole rings is 1. The Hall–Kier alpha value is -3.22. The van der Waals surface area contributed by atoms with E-state index in [-0.39, 0.29) is 12.5 Å². The van der Waals surface area contributed by atoms with Crippen LogP contribution in [0.2, 0.25) is 0 Å². The second kappa shape index (κ2) is 7.19. The van der Waals surface area contributed by atoms with Crippen molar-refractivity contribution in [3.63, 3.8) is 0 Å². The van der Waals surface area contributed by atoms with Crippen LogP contribution in [0.5, 0.6) is 5.75 Å². The van der Waals surface area contributed by atoms with E-state index in [9.17, 15) is 9.59 Å². The summed E-state index contributed by atoms with van der Waals surface area (Å²) in [5.41, 5.74) is 3.36. The minimum Gasteiger partial charge on any atom is -0.484 e. The SMILES string of the molecule is Cc1ccc(OCC(=O)N2CCN(c3ccc4[nH]c(=O)oc4c3)CC2)cc1. The third kappa shape index (κ3) is 3.81. The highest BCUT2D eigenvalue weighted by Gasteiger charge is 2.22. The number of benzene rings is 2. The third-order valence-electron chi connectivity index (χ3n) is 4.79. The lowest BCUT2D eigenvalue weighted by Gasteiger charge is -2.36. The summed E-state index contributed by atoms with van der Waals surface area (Å²) in [5, 5.41) is 0. The van der Waals surface area contributed by atoms with Gasteiger partial charge < -0.3 is 19.0 Å². The number of hydrogen-bond acceptors (Lipinski definition) is 5. The Balaban J connectivity index is 1.32. The van der Waals surface area contributed by atoms with Gasteiger partial charge in [-0.3, -0.25) is 9.78 Å². The Bertz CT molecular complexity index is 998. The molecule has 1 amide bonds. The molecule has 7 heteroatoms. The number of nitrogens with zero attached hydrogens (tertiary/aromatic N) is 2. The molecule has 0 radical (unpaired) electrons. The fourth-order valence-electron chi connectivity index (χ4n) is 3.22. The second-order valence-electron chi connectivity index (χ2n) is 6.66. The van der Waals surface area contributed by atoms with Gasteiger partial charge >= 0.3 is 5.76 Å². The van der Waals surface area contributed by atoms with Gasteiger partial charge in [0.25, 0.3) is 5.91 Å². The van der Waals surface area contributed by atoms with Gasteiger partial charge in [0.2, 0.25) is 0 Å². The van der Waals surface area contributed by atoms with Gasteiger partial charge in [0.15, 0.2) is 12.2 Å². The highest BCUT2D eigenvalue weighted by Crippen LogP contribution is 2.21. The maximum Gasteiger partial charge on any atom is 0.417 e. The number of aromatic nitrogens is 1. The lowest BCUT2D eigenvalue weighted by molar-refractivity contribution is -0.133. The molecule has 1 saturated heterocycles. The topological polar surface area (TPSA) is 78.8 Å². The number of aromatic amines is 1. The normalized spacial score (nSPS) is 14.6. The zero-order valence-electron chi connectivity index (χ0n) is 15.1. The van der Waals surface area contributed by atoms with Gasteiger partial charge in [0.05, 0.1) is 5.52 Å². The van der Waals surface area contributed by atoms with Gasteiger partial charge in [-0.15, -0.1) is 0 Å². The molecule has 2 heterocycles. The molecule has 0 atom stereocenters. The zero-order chi connectivity index (χ0) is 18.8. The molecule has 0 bridgehead atoms. The molecular formula is C20H21N3O4. The summed E-state index contributed by atoms with van der Waals surface area (Å²) in [6, 6.07) is 13.3. The van der Waals surface area contributed by atoms with E-state index in [0.717, 1.165) is 24.3 Å². The summed E-state index contributed by atoms with van der Waals surface area (Å²) >= 11 is 0.